The minimum absolute atomic E-state index is 0.0228. The molecule has 2 heterocycles. The lowest BCUT2D eigenvalue weighted by Gasteiger charge is -2.33. The van der Waals surface area contributed by atoms with Gasteiger partial charge in [0.25, 0.3) is 0 Å². The Balaban J connectivity index is 1.50. The van der Waals surface area contributed by atoms with Gasteiger partial charge in [0.15, 0.2) is 0 Å². The molecule has 2 unspecified atom stereocenters. The average molecular weight is 416 g/mol. The predicted octanol–water partition coefficient (Wildman–Crippen LogP) is 5.55. The molecule has 2 aromatic rings. The normalized spacial score (nSPS) is 21.5. The quantitative estimate of drug-likeness (QED) is 0.657. The van der Waals surface area contributed by atoms with Gasteiger partial charge in [-0.15, -0.1) is 0 Å². The first kappa shape index (κ1) is 17.3. The zero-order chi connectivity index (χ0) is 18.1. The third kappa shape index (κ3) is 3.40. The van der Waals surface area contributed by atoms with Crippen molar-refractivity contribution >= 4 is 27.6 Å². The number of fused-ring (bicyclic) bond motifs is 2. The minimum atomic E-state index is -0.286. The van der Waals surface area contributed by atoms with Gasteiger partial charge in [0.2, 0.25) is 0 Å². The molecule has 1 fully saturated rings. The summed E-state index contributed by atoms with van der Waals surface area (Å²) in [5.41, 5.74) is 2.56. The molecule has 2 atom stereocenters. The van der Waals surface area contributed by atoms with E-state index in [2.05, 4.69) is 15.9 Å². The van der Waals surface area contributed by atoms with Crippen molar-refractivity contribution in [3.8, 4) is 0 Å². The van der Waals surface area contributed by atoms with Crippen molar-refractivity contribution in [1.29, 1.82) is 0 Å². The Bertz CT molecular complexity index is 852. The number of carbonyl (C=O) groups excluding carboxylic acids is 1. The van der Waals surface area contributed by atoms with Crippen LogP contribution in [0.5, 0.6) is 0 Å². The Labute approximate surface area is 160 Å². The second kappa shape index (κ2) is 7.23. The molecule has 0 aliphatic carbocycles. The van der Waals surface area contributed by atoms with Gasteiger partial charge in [0.1, 0.15) is 12.4 Å². The van der Waals surface area contributed by atoms with E-state index in [1.165, 1.54) is 6.07 Å². The summed E-state index contributed by atoms with van der Waals surface area (Å²) in [5.74, 6) is -0.223. The van der Waals surface area contributed by atoms with E-state index in [0.717, 1.165) is 28.5 Å². The van der Waals surface area contributed by atoms with Crippen LogP contribution in [0.2, 0.25) is 0 Å². The van der Waals surface area contributed by atoms with E-state index in [-0.39, 0.29) is 30.6 Å². The first-order valence-electron chi connectivity index (χ1n) is 8.77. The number of rotatable bonds is 3. The van der Waals surface area contributed by atoms with Crippen LogP contribution in [0, 0.1) is 5.82 Å². The Morgan fingerprint density at radius 3 is 2.77 bits per heavy atom. The summed E-state index contributed by atoms with van der Waals surface area (Å²) in [7, 11) is 0. The zero-order valence-electron chi connectivity index (χ0n) is 14.2. The van der Waals surface area contributed by atoms with Crippen molar-refractivity contribution in [2.45, 2.75) is 38.0 Å². The number of ether oxygens (including phenoxy) is 1. The van der Waals surface area contributed by atoms with Crippen LogP contribution in [0.25, 0.3) is 5.57 Å². The highest BCUT2D eigenvalue weighted by Crippen LogP contribution is 2.40. The molecule has 0 aromatic heterocycles. The highest BCUT2D eigenvalue weighted by atomic mass is 79.9. The zero-order valence-corrected chi connectivity index (χ0v) is 15.8. The van der Waals surface area contributed by atoms with Crippen molar-refractivity contribution in [2.75, 3.05) is 0 Å². The molecule has 3 nitrogen and oxygen atoms in total. The van der Waals surface area contributed by atoms with Crippen LogP contribution in [0.1, 0.15) is 30.4 Å². The predicted molar refractivity (Wildman–Crippen MR) is 102 cm³/mol. The molecule has 1 saturated heterocycles. The number of amides is 1. The maximum absolute atomic E-state index is 14.2. The molecule has 0 radical (unpaired) electrons. The van der Waals surface area contributed by atoms with E-state index in [4.69, 9.17) is 4.74 Å². The van der Waals surface area contributed by atoms with Crippen LogP contribution in [0.4, 0.5) is 9.18 Å². The van der Waals surface area contributed by atoms with E-state index in [1.807, 2.05) is 47.4 Å². The van der Waals surface area contributed by atoms with Crippen molar-refractivity contribution in [1.82, 2.24) is 4.90 Å². The Hall–Kier alpha value is -2.14. The van der Waals surface area contributed by atoms with Gasteiger partial charge in [0, 0.05) is 16.1 Å². The lowest BCUT2D eigenvalue weighted by molar-refractivity contribution is 0.0832. The molecule has 1 amide bonds. The SMILES string of the molecule is O=C(OCc1ccccc1)N1C2C=C(c3cc(Br)ccc3F)CC1CC2. The fourth-order valence-electron chi connectivity index (χ4n) is 3.85. The monoisotopic (exact) mass is 415 g/mol. The summed E-state index contributed by atoms with van der Waals surface area (Å²) in [6.45, 7) is 0.270. The molecular weight excluding hydrogens is 397 g/mol. The molecule has 0 saturated carbocycles. The largest absolute Gasteiger partial charge is 0.445 e. The maximum Gasteiger partial charge on any atom is 0.410 e. The molecule has 134 valence electrons. The summed E-state index contributed by atoms with van der Waals surface area (Å²) in [4.78, 5) is 14.4. The van der Waals surface area contributed by atoms with Crippen LogP contribution in [-0.4, -0.2) is 23.1 Å². The summed E-state index contributed by atoms with van der Waals surface area (Å²) < 4.78 is 20.6. The molecule has 0 N–H and O–H groups in total. The van der Waals surface area contributed by atoms with Gasteiger partial charge in [-0.1, -0.05) is 52.3 Å². The first-order chi connectivity index (χ1) is 12.6. The first-order valence-corrected chi connectivity index (χ1v) is 9.56. The standard InChI is InChI=1S/C21H19BrFNO2/c22-16-6-9-20(23)19(12-16)15-10-17-7-8-18(11-15)24(17)21(25)26-13-14-4-2-1-3-5-14/h1-6,9-10,12,17-18H,7-8,11,13H2. The Morgan fingerprint density at radius 1 is 1.19 bits per heavy atom. The third-order valence-electron chi connectivity index (χ3n) is 5.09. The molecule has 2 aromatic carbocycles. The van der Waals surface area contributed by atoms with Gasteiger partial charge in [0.05, 0.1) is 6.04 Å². The van der Waals surface area contributed by atoms with Crippen LogP contribution in [0.3, 0.4) is 0 Å². The van der Waals surface area contributed by atoms with Gasteiger partial charge >= 0.3 is 6.09 Å². The molecule has 0 spiro atoms. The second-order valence-corrected chi connectivity index (χ2v) is 7.68. The topological polar surface area (TPSA) is 29.5 Å². The van der Waals surface area contributed by atoms with E-state index in [1.54, 1.807) is 6.07 Å². The van der Waals surface area contributed by atoms with E-state index in [9.17, 15) is 9.18 Å². The van der Waals surface area contributed by atoms with Crippen LogP contribution < -0.4 is 0 Å². The minimum Gasteiger partial charge on any atom is -0.445 e. The van der Waals surface area contributed by atoms with E-state index in [0.29, 0.717) is 12.0 Å². The van der Waals surface area contributed by atoms with Gasteiger partial charge in [-0.2, -0.15) is 0 Å². The van der Waals surface area contributed by atoms with Crippen molar-refractivity contribution in [3.05, 3.63) is 76.0 Å². The average Bonchev–Trinajstić information content (AvgIpc) is 2.92. The number of hydrogen-bond acceptors (Lipinski definition) is 2. The van der Waals surface area contributed by atoms with Gasteiger partial charge in [-0.05, 0) is 48.6 Å². The van der Waals surface area contributed by atoms with Crippen LogP contribution in [0.15, 0.2) is 59.1 Å². The fraction of sp³-hybridized carbons (Fsp3) is 0.286. The van der Waals surface area contributed by atoms with Gasteiger partial charge < -0.3 is 4.74 Å². The number of halogens is 2. The third-order valence-corrected chi connectivity index (χ3v) is 5.58. The second-order valence-electron chi connectivity index (χ2n) is 6.77. The molecule has 2 bridgehead atoms. The molecular formula is C21H19BrFNO2. The molecule has 5 heteroatoms. The van der Waals surface area contributed by atoms with Gasteiger partial charge in [-0.3, -0.25) is 4.90 Å². The number of nitrogens with zero attached hydrogens (tertiary/aromatic N) is 1. The lowest BCUT2D eigenvalue weighted by atomic mass is 9.94. The van der Waals surface area contributed by atoms with E-state index < -0.39 is 0 Å². The number of carbonyl (C=O) groups is 1. The van der Waals surface area contributed by atoms with Crippen LogP contribution >= 0.6 is 15.9 Å². The summed E-state index contributed by atoms with van der Waals surface area (Å²) in [6.07, 6.45) is 4.21. The Morgan fingerprint density at radius 2 is 2.00 bits per heavy atom. The smallest absolute Gasteiger partial charge is 0.410 e. The number of hydrogen-bond donors (Lipinski definition) is 0. The summed E-state index contributed by atoms with van der Waals surface area (Å²) in [5, 5.41) is 0. The molecule has 26 heavy (non-hydrogen) atoms. The fourth-order valence-corrected chi connectivity index (χ4v) is 4.21. The molecule has 2 aliphatic heterocycles. The Kier molecular flexibility index (Phi) is 4.81. The molecule has 4 rings (SSSR count). The number of benzene rings is 2. The lowest BCUT2D eigenvalue weighted by Crippen LogP contribution is -2.43. The summed E-state index contributed by atoms with van der Waals surface area (Å²) in [6, 6.07) is 14.7. The van der Waals surface area contributed by atoms with Crippen molar-refractivity contribution in [2.24, 2.45) is 0 Å². The molecule has 2 aliphatic rings. The van der Waals surface area contributed by atoms with Crippen molar-refractivity contribution in [3.63, 3.8) is 0 Å². The van der Waals surface area contributed by atoms with E-state index >= 15 is 0 Å². The summed E-state index contributed by atoms with van der Waals surface area (Å²) >= 11 is 3.41. The highest BCUT2D eigenvalue weighted by Gasteiger charge is 2.41. The highest BCUT2D eigenvalue weighted by molar-refractivity contribution is 9.10. The van der Waals surface area contributed by atoms with Crippen molar-refractivity contribution < 1.29 is 13.9 Å². The van der Waals surface area contributed by atoms with Gasteiger partial charge in [-0.25, -0.2) is 9.18 Å². The van der Waals surface area contributed by atoms with Crippen LogP contribution in [-0.2, 0) is 11.3 Å². The maximum atomic E-state index is 14.2.